The third-order valence-corrected chi connectivity index (χ3v) is 316. The minimum Gasteiger partial charge on any atom is -0.420 e. The standard InChI is InChI=1S/C26H72O2Si12/c1-29(2)31(5,6)35(13,14)39(21,36(15,16)32(29,7)8)27-25-23-24-26-28-40(22)37(17,18)33(9,10)30(3,4)34(11,12)38(40,19)20/h23-24H,25-26H2,1-22H3. The van der Waals surface area contributed by atoms with Crippen LogP contribution in [0.4, 0.5) is 0 Å². The molecule has 236 valence electrons. The van der Waals surface area contributed by atoms with Crippen molar-refractivity contribution >= 4 is 85.8 Å². The van der Waals surface area contributed by atoms with Gasteiger partial charge in [0, 0.05) is 42.7 Å². The number of rotatable bonds is 6. The summed E-state index contributed by atoms with van der Waals surface area (Å²) in [5, 5.41) is 0. The van der Waals surface area contributed by atoms with Gasteiger partial charge < -0.3 is 8.85 Å². The van der Waals surface area contributed by atoms with E-state index in [-0.39, 0.29) is 0 Å². The van der Waals surface area contributed by atoms with E-state index in [1.54, 1.807) is 0 Å². The van der Waals surface area contributed by atoms with Gasteiger partial charge in [0.05, 0.1) is 41.6 Å². The van der Waals surface area contributed by atoms with E-state index in [2.05, 4.69) is 156 Å². The normalized spacial score (nSPS) is 32.5. The molecular formula is C26H72O2Si12. The minimum atomic E-state index is -1.78. The van der Waals surface area contributed by atoms with Gasteiger partial charge in [0.15, 0.2) is 14.7 Å². The summed E-state index contributed by atoms with van der Waals surface area (Å²) in [4.78, 5) is 0. The van der Waals surface area contributed by atoms with Crippen LogP contribution in [0.5, 0.6) is 0 Å². The Morgan fingerprint density at radius 2 is 0.425 bits per heavy atom. The lowest BCUT2D eigenvalue weighted by atomic mass is 10.5. The molecule has 2 aliphatic heterocycles. The summed E-state index contributed by atoms with van der Waals surface area (Å²) >= 11 is 0. The fourth-order valence-corrected chi connectivity index (χ4v) is 480. The predicted octanol–water partition coefficient (Wildman–Crippen LogP) is 8.78. The van der Waals surface area contributed by atoms with Crippen LogP contribution in [0.15, 0.2) is 12.2 Å². The molecule has 0 amide bonds. The van der Waals surface area contributed by atoms with Crippen molar-refractivity contribution in [1.29, 1.82) is 0 Å². The first-order valence-electron chi connectivity index (χ1n) is 16.1. The molecule has 0 bridgehead atoms. The fraction of sp³-hybridized carbons (Fsp3) is 0.923. The molecular weight excluding hydrogens is 681 g/mol. The number of hydrogen-bond donors (Lipinski definition) is 0. The minimum absolute atomic E-state index is 0.843. The zero-order valence-corrected chi connectivity index (χ0v) is 43.4. The molecule has 0 spiro atoms. The Labute approximate surface area is 262 Å². The number of hydrogen-bond acceptors (Lipinski definition) is 2. The first kappa shape index (κ1) is 38.4. The summed E-state index contributed by atoms with van der Waals surface area (Å²) in [6, 6.07) is 0. The lowest BCUT2D eigenvalue weighted by molar-refractivity contribution is 0.359. The largest absolute Gasteiger partial charge is 0.420 e. The molecule has 0 unspecified atom stereocenters. The van der Waals surface area contributed by atoms with Gasteiger partial charge in [-0.3, -0.25) is 0 Å². The SMILES string of the molecule is C[Si]1(C)[Si](C)(C)[Si](C)(C)[Si](C)(OCC=CCO[Si]2(C)[Si](C)(C)[Si](C)(C)[Si](C)(C)[Si](C)(C)[Si]2(C)C)[Si](C)(C)[Si]1(C)C. The van der Waals surface area contributed by atoms with Crippen molar-refractivity contribution in [2.24, 2.45) is 0 Å². The molecule has 2 aliphatic rings. The van der Waals surface area contributed by atoms with Crippen molar-refractivity contribution in [3.63, 3.8) is 0 Å². The highest BCUT2D eigenvalue weighted by Gasteiger charge is 2.80. The summed E-state index contributed by atoms with van der Waals surface area (Å²) in [6.07, 6.45) is 4.81. The van der Waals surface area contributed by atoms with Crippen molar-refractivity contribution in [2.75, 3.05) is 13.2 Å². The molecule has 0 radical (unpaired) electrons. The van der Waals surface area contributed by atoms with Gasteiger partial charge in [-0.25, -0.2) is 0 Å². The van der Waals surface area contributed by atoms with E-state index in [4.69, 9.17) is 8.85 Å². The smallest absolute Gasteiger partial charge is 0.160 e. The van der Waals surface area contributed by atoms with Crippen LogP contribution in [-0.2, 0) is 8.85 Å². The van der Waals surface area contributed by atoms with Crippen LogP contribution in [0.3, 0.4) is 0 Å². The first-order chi connectivity index (χ1) is 17.2. The lowest BCUT2D eigenvalue weighted by Gasteiger charge is -2.72. The highest BCUT2D eigenvalue weighted by atomic mass is 30.2. The maximum Gasteiger partial charge on any atom is 0.160 e. The molecule has 0 saturated carbocycles. The van der Waals surface area contributed by atoms with Gasteiger partial charge in [0.25, 0.3) is 0 Å². The summed E-state index contributed by atoms with van der Waals surface area (Å²) in [5.41, 5.74) is 0. The van der Waals surface area contributed by atoms with Gasteiger partial charge in [0.1, 0.15) is 0 Å². The molecule has 2 saturated heterocycles. The van der Waals surface area contributed by atoms with Crippen LogP contribution in [-0.4, -0.2) is 99.0 Å². The van der Waals surface area contributed by atoms with Crippen molar-refractivity contribution in [3.8, 4) is 0 Å². The molecule has 0 aromatic heterocycles. The third-order valence-electron chi connectivity index (χ3n) is 18.4. The lowest BCUT2D eigenvalue weighted by Crippen LogP contribution is -3.01. The molecule has 0 aromatic rings. The summed E-state index contributed by atoms with van der Waals surface area (Å²) < 4.78 is 14.8. The van der Waals surface area contributed by atoms with Crippen LogP contribution in [0.2, 0.25) is 144 Å². The maximum atomic E-state index is 7.42. The molecule has 0 aromatic carbocycles. The zero-order chi connectivity index (χ0) is 32.2. The van der Waals surface area contributed by atoms with E-state index in [0.717, 1.165) is 13.2 Å². The van der Waals surface area contributed by atoms with Crippen molar-refractivity contribution < 1.29 is 8.85 Å². The van der Waals surface area contributed by atoms with Crippen LogP contribution in [0, 0.1) is 0 Å². The van der Waals surface area contributed by atoms with Gasteiger partial charge in [-0.05, 0) is 0 Å². The van der Waals surface area contributed by atoms with E-state index in [9.17, 15) is 0 Å². The molecule has 0 atom stereocenters. The summed E-state index contributed by atoms with van der Waals surface area (Å²) in [7, 11) is -16.9. The Bertz CT molecular complexity index is 885. The topological polar surface area (TPSA) is 18.5 Å². The Kier molecular flexibility index (Phi) is 9.98. The van der Waals surface area contributed by atoms with Gasteiger partial charge in [0.2, 0.25) is 0 Å². The summed E-state index contributed by atoms with van der Waals surface area (Å²) in [5.74, 6) is 0. The molecule has 14 heteroatoms. The Hall–Kier alpha value is 2.26. The van der Waals surface area contributed by atoms with Gasteiger partial charge >= 0.3 is 0 Å². The van der Waals surface area contributed by atoms with E-state index in [1.807, 2.05) is 0 Å². The highest BCUT2D eigenvalue weighted by molar-refractivity contribution is 8.13. The molecule has 2 nitrogen and oxygen atoms in total. The van der Waals surface area contributed by atoms with Crippen LogP contribution in [0.1, 0.15) is 0 Å². The van der Waals surface area contributed by atoms with Crippen molar-refractivity contribution in [2.45, 2.75) is 144 Å². The third kappa shape index (κ3) is 4.22. The van der Waals surface area contributed by atoms with Gasteiger partial charge in [-0.2, -0.15) is 0 Å². The second-order valence-corrected chi connectivity index (χ2v) is 161. The Balaban J connectivity index is 2.34. The fourth-order valence-electron chi connectivity index (χ4n) is 9.92. The first-order valence-corrected chi connectivity index (χ1v) is 63.0. The molecule has 2 heterocycles. The van der Waals surface area contributed by atoms with E-state index in [0.29, 0.717) is 0 Å². The second-order valence-electron chi connectivity index (χ2n) is 19.4. The summed E-state index contributed by atoms with van der Waals surface area (Å²) in [6.45, 7) is 63.6. The molecule has 2 rings (SSSR count). The van der Waals surface area contributed by atoms with Gasteiger partial charge in [-0.15, -0.1) is 0 Å². The van der Waals surface area contributed by atoms with E-state index in [1.165, 1.54) is 0 Å². The van der Waals surface area contributed by atoms with E-state index >= 15 is 0 Å². The highest BCUT2D eigenvalue weighted by Crippen LogP contribution is 2.53. The zero-order valence-electron chi connectivity index (χ0n) is 31.4. The molecule has 40 heavy (non-hydrogen) atoms. The van der Waals surface area contributed by atoms with E-state index < -0.39 is 85.8 Å². The Morgan fingerprint density at radius 1 is 0.275 bits per heavy atom. The average molecular weight is 754 g/mol. The van der Waals surface area contributed by atoms with Crippen LogP contribution < -0.4 is 0 Å². The van der Waals surface area contributed by atoms with Crippen molar-refractivity contribution in [1.82, 2.24) is 0 Å². The van der Waals surface area contributed by atoms with Crippen molar-refractivity contribution in [3.05, 3.63) is 12.2 Å². The Morgan fingerprint density at radius 3 is 0.600 bits per heavy atom. The molecule has 0 aliphatic carbocycles. The predicted molar refractivity (Wildman–Crippen MR) is 219 cm³/mol. The van der Waals surface area contributed by atoms with Gasteiger partial charge in [-0.1, -0.05) is 156 Å². The second kappa shape index (κ2) is 10.4. The monoisotopic (exact) mass is 752 g/mol. The van der Waals surface area contributed by atoms with Crippen LogP contribution >= 0.6 is 0 Å². The molecule has 2 fully saturated rings. The maximum absolute atomic E-state index is 7.42. The van der Waals surface area contributed by atoms with Crippen LogP contribution in [0.25, 0.3) is 0 Å². The molecule has 0 N–H and O–H groups in total. The average Bonchev–Trinajstić information content (AvgIpc) is 2.77. The quantitative estimate of drug-likeness (QED) is 0.200.